The number of methoxy groups -OCH3 is 1. The van der Waals surface area contributed by atoms with Crippen LogP contribution in [0.1, 0.15) is 11.1 Å². The Kier molecular flexibility index (Phi) is 9.15. The van der Waals surface area contributed by atoms with Crippen molar-refractivity contribution in [3.63, 3.8) is 0 Å². The van der Waals surface area contributed by atoms with Crippen LogP contribution in [0.4, 0.5) is 0 Å². The van der Waals surface area contributed by atoms with E-state index in [0.29, 0.717) is 44.8 Å². The lowest BCUT2D eigenvalue weighted by molar-refractivity contribution is 0.415. The third-order valence-corrected chi connectivity index (χ3v) is 6.13. The Morgan fingerprint density at radius 3 is 1.85 bits per heavy atom. The topological polar surface area (TPSA) is 92.0 Å². The first-order valence-electron chi connectivity index (χ1n) is 11.8. The van der Waals surface area contributed by atoms with Gasteiger partial charge in [-0.25, -0.2) is 4.98 Å². The van der Waals surface area contributed by atoms with Crippen LogP contribution >= 0.6 is 23.2 Å². The highest BCUT2D eigenvalue weighted by Gasteiger charge is 2.11. The second-order valence-electron chi connectivity index (χ2n) is 8.41. The highest BCUT2D eigenvalue weighted by molar-refractivity contribution is 6.31. The largest absolute Gasteiger partial charge is 0.508 e. The third kappa shape index (κ3) is 7.57. The Balaban J connectivity index is 0.000000187. The third-order valence-electron chi connectivity index (χ3n) is 5.66. The molecule has 0 unspecified atom stereocenters. The fourth-order valence-corrected chi connectivity index (χ4v) is 4.09. The first-order chi connectivity index (χ1) is 18.8. The summed E-state index contributed by atoms with van der Waals surface area (Å²) in [5, 5.41) is 30.2. The van der Waals surface area contributed by atoms with E-state index in [2.05, 4.69) is 4.98 Å². The van der Waals surface area contributed by atoms with E-state index in [9.17, 15) is 15.3 Å². The van der Waals surface area contributed by atoms with Gasteiger partial charge in [0, 0.05) is 22.0 Å². The van der Waals surface area contributed by atoms with Gasteiger partial charge in [-0.15, -0.1) is 0 Å². The number of halogens is 2. The zero-order valence-electron chi connectivity index (χ0n) is 20.9. The van der Waals surface area contributed by atoms with Crippen molar-refractivity contribution in [3.05, 3.63) is 124 Å². The second-order valence-corrected chi connectivity index (χ2v) is 9.29. The molecule has 0 aliphatic heterocycles. The number of rotatable bonds is 6. The van der Waals surface area contributed by atoms with E-state index in [1.165, 1.54) is 18.3 Å². The average Bonchev–Trinajstić information content (AvgIpc) is 2.95. The van der Waals surface area contributed by atoms with E-state index in [1.54, 1.807) is 37.4 Å². The molecule has 0 atom stereocenters. The van der Waals surface area contributed by atoms with E-state index in [1.807, 2.05) is 54.6 Å². The summed E-state index contributed by atoms with van der Waals surface area (Å²) in [6.45, 7) is 0. The minimum atomic E-state index is 0.0891. The number of benzene rings is 4. The van der Waals surface area contributed by atoms with Gasteiger partial charge in [0.05, 0.1) is 13.3 Å². The van der Waals surface area contributed by atoms with Gasteiger partial charge in [-0.05, 0) is 83.4 Å². The quantitative estimate of drug-likeness (QED) is 0.193. The molecule has 6 nitrogen and oxygen atoms in total. The van der Waals surface area contributed by atoms with Crippen molar-refractivity contribution in [1.29, 1.82) is 0 Å². The molecule has 0 fully saturated rings. The van der Waals surface area contributed by atoms with Gasteiger partial charge in [-0.3, -0.25) is 0 Å². The van der Waals surface area contributed by atoms with Crippen LogP contribution < -0.4 is 9.47 Å². The first-order valence-corrected chi connectivity index (χ1v) is 12.6. The summed E-state index contributed by atoms with van der Waals surface area (Å²) in [5.74, 6) is 2.28. The van der Waals surface area contributed by atoms with Gasteiger partial charge in [0.2, 0.25) is 5.88 Å². The SMILES string of the molecule is COc1ccc(-c2cc(O)cnc2Oc2ccccc2)cc1.Oc1ccc(Cl)cc1Cc1cc(Cl)ccc1O. The van der Waals surface area contributed by atoms with E-state index in [0.717, 1.165) is 11.3 Å². The van der Waals surface area contributed by atoms with Gasteiger partial charge >= 0.3 is 0 Å². The molecule has 0 radical (unpaired) electrons. The Hall–Kier alpha value is -4.39. The molecule has 0 aliphatic rings. The van der Waals surface area contributed by atoms with Crippen LogP contribution in [0, 0.1) is 0 Å². The molecule has 5 rings (SSSR count). The molecule has 0 aliphatic carbocycles. The smallest absolute Gasteiger partial charge is 0.227 e. The molecule has 3 N–H and O–H groups in total. The molecular formula is C31H25Cl2NO5. The Morgan fingerprint density at radius 2 is 1.28 bits per heavy atom. The van der Waals surface area contributed by atoms with Crippen molar-refractivity contribution >= 4 is 23.2 Å². The predicted octanol–water partition coefficient (Wildman–Crippen LogP) is 8.25. The Morgan fingerprint density at radius 1 is 0.692 bits per heavy atom. The predicted molar refractivity (Wildman–Crippen MR) is 153 cm³/mol. The molecule has 1 aromatic heterocycles. The number of nitrogens with zero attached hydrogens (tertiary/aromatic N) is 1. The second kappa shape index (κ2) is 12.9. The molecule has 0 amide bonds. The molecule has 4 aromatic carbocycles. The van der Waals surface area contributed by atoms with Crippen LogP contribution in [0.25, 0.3) is 11.1 Å². The van der Waals surface area contributed by atoms with Crippen LogP contribution in [0.3, 0.4) is 0 Å². The standard InChI is InChI=1S/C18H15NO3.C13H10Cl2O2/c1-21-15-9-7-13(8-10-15)17-11-14(20)12-19-18(17)22-16-5-3-2-4-6-16;14-10-1-3-12(16)8(6-10)5-9-7-11(15)2-4-13(9)17/h2-12,20H,1H3;1-4,6-7,16-17H,5H2. The Bertz CT molecular complexity index is 1490. The summed E-state index contributed by atoms with van der Waals surface area (Å²) < 4.78 is 11.0. The highest BCUT2D eigenvalue weighted by atomic mass is 35.5. The van der Waals surface area contributed by atoms with Crippen molar-refractivity contribution in [3.8, 4) is 45.8 Å². The molecular weight excluding hydrogens is 537 g/mol. The van der Waals surface area contributed by atoms with Crippen LogP contribution in [0.2, 0.25) is 10.0 Å². The van der Waals surface area contributed by atoms with E-state index in [-0.39, 0.29) is 17.2 Å². The minimum absolute atomic E-state index is 0.0891. The molecule has 198 valence electrons. The van der Waals surface area contributed by atoms with Crippen LogP contribution in [0.5, 0.6) is 34.6 Å². The zero-order chi connectivity index (χ0) is 27.8. The van der Waals surface area contributed by atoms with Crippen LogP contribution in [-0.4, -0.2) is 27.4 Å². The van der Waals surface area contributed by atoms with Gasteiger partial charge in [0.15, 0.2) is 0 Å². The summed E-state index contributed by atoms with van der Waals surface area (Å²) in [4.78, 5) is 4.19. The van der Waals surface area contributed by atoms with Crippen molar-refractivity contribution in [2.45, 2.75) is 6.42 Å². The number of aromatic hydroxyl groups is 3. The molecule has 39 heavy (non-hydrogen) atoms. The van der Waals surface area contributed by atoms with Gasteiger partial charge < -0.3 is 24.8 Å². The maximum Gasteiger partial charge on any atom is 0.227 e. The van der Waals surface area contributed by atoms with Gasteiger partial charge in [0.25, 0.3) is 0 Å². The fraction of sp³-hybridized carbons (Fsp3) is 0.0645. The van der Waals surface area contributed by atoms with Crippen molar-refractivity contribution in [2.75, 3.05) is 7.11 Å². The maximum absolute atomic E-state index is 9.72. The van der Waals surface area contributed by atoms with Crippen molar-refractivity contribution in [2.24, 2.45) is 0 Å². The molecule has 0 saturated carbocycles. The molecule has 1 heterocycles. The van der Waals surface area contributed by atoms with Crippen molar-refractivity contribution in [1.82, 2.24) is 4.98 Å². The summed E-state index contributed by atoms with van der Waals surface area (Å²) in [6.07, 6.45) is 1.74. The number of pyridine rings is 1. The molecule has 0 saturated heterocycles. The maximum atomic E-state index is 9.72. The van der Waals surface area contributed by atoms with E-state index in [4.69, 9.17) is 32.7 Å². The lowest BCUT2D eigenvalue weighted by Gasteiger charge is -2.11. The number of ether oxygens (including phenoxy) is 2. The highest BCUT2D eigenvalue weighted by Crippen LogP contribution is 2.34. The number of hydrogen-bond donors (Lipinski definition) is 3. The monoisotopic (exact) mass is 561 g/mol. The van der Waals surface area contributed by atoms with E-state index < -0.39 is 0 Å². The number of aromatic nitrogens is 1. The number of hydrogen-bond acceptors (Lipinski definition) is 6. The van der Waals surface area contributed by atoms with Crippen molar-refractivity contribution < 1.29 is 24.8 Å². The summed E-state index contributed by atoms with van der Waals surface area (Å²) in [7, 11) is 1.62. The minimum Gasteiger partial charge on any atom is -0.508 e. The lowest BCUT2D eigenvalue weighted by atomic mass is 10.0. The first kappa shape index (κ1) is 27.6. The van der Waals surface area contributed by atoms with Crippen LogP contribution in [-0.2, 0) is 6.42 Å². The summed E-state index contributed by atoms with van der Waals surface area (Å²) in [6, 6.07) is 28.1. The number of para-hydroxylation sites is 1. The number of phenolic OH excluding ortho intramolecular Hbond substituents is 2. The normalized spacial score (nSPS) is 10.3. The fourth-order valence-electron chi connectivity index (χ4n) is 3.70. The zero-order valence-corrected chi connectivity index (χ0v) is 22.4. The molecule has 5 aromatic rings. The average molecular weight is 562 g/mol. The summed E-state index contributed by atoms with van der Waals surface area (Å²) >= 11 is 11.7. The number of phenols is 2. The Labute approximate surface area is 236 Å². The molecule has 0 bridgehead atoms. The van der Waals surface area contributed by atoms with E-state index >= 15 is 0 Å². The molecule has 8 heteroatoms. The van der Waals surface area contributed by atoms with Gasteiger partial charge in [-0.2, -0.15) is 0 Å². The van der Waals surface area contributed by atoms with Crippen LogP contribution in [0.15, 0.2) is 103 Å². The lowest BCUT2D eigenvalue weighted by Crippen LogP contribution is -1.92. The van der Waals surface area contributed by atoms with Gasteiger partial charge in [-0.1, -0.05) is 53.5 Å². The molecule has 0 spiro atoms. The summed E-state index contributed by atoms with van der Waals surface area (Å²) in [5.41, 5.74) is 2.90. The van der Waals surface area contributed by atoms with Gasteiger partial charge in [0.1, 0.15) is 28.7 Å².